The predicted octanol–water partition coefficient (Wildman–Crippen LogP) is 4.40. The number of carbonyl (C=O) groups excluding carboxylic acids is 1. The van der Waals surface area contributed by atoms with Crippen molar-refractivity contribution in [3.8, 4) is 5.75 Å². The fraction of sp³-hybridized carbons (Fsp3) is 0.304. The number of anilines is 1. The minimum Gasteiger partial charge on any atom is -0.491 e. The van der Waals surface area contributed by atoms with Crippen molar-refractivity contribution in [3.05, 3.63) is 72.3 Å². The van der Waals surface area contributed by atoms with E-state index in [1.54, 1.807) is 30.3 Å². The summed E-state index contributed by atoms with van der Waals surface area (Å²) in [5.74, 6) is -0.442. The van der Waals surface area contributed by atoms with Crippen LogP contribution < -0.4 is 10.1 Å². The third kappa shape index (κ3) is 7.97. The van der Waals surface area contributed by atoms with E-state index in [0.717, 1.165) is 11.6 Å². The van der Waals surface area contributed by atoms with Gasteiger partial charge < -0.3 is 19.7 Å². The van der Waals surface area contributed by atoms with E-state index in [1.165, 1.54) is 0 Å². The molecule has 2 aromatic rings. The van der Waals surface area contributed by atoms with Crippen LogP contribution in [0.2, 0.25) is 0 Å². The quantitative estimate of drug-likeness (QED) is 0.472. The smallest absolute Gasteiger partial charge is 0.412 e. The number of carboxylic acid groups (broad SMARTS) is 1. The number of amides is 1. The average Bonchev–Trinajstić information content (AvgIpc) is 2.74. The van der Waals surface area contributed by atoms with Crippen LogP contribution in [0.3, 0.4) is 0 Å². The first-order valence-electron chi connectivity index (χ1n) is 9.75. The third-order valence-corrected chi connectivity index (χ3v) is 4.39. The first-order chi connectivity index (χ1) is 14.5. The Morgan fingerprint density at radius 3 is 2.43 bits per heavy atom. The van der Waals surface area contributed by atoms with Crippen LogP contribution in [0, 0.1) is 5.92 Å². The largest absolute Gasteiger partial charge is 0.491 e. The van der Waals surface area contributed by atoms with Crippen LogP contribution in [-0.2, 0) is 9.53 Å². The zero-order valence-corrected chi connectivity index (χ0v) is 16.9. The lowest BCUT2D eigenvalue weighted by Crippen LogP contribution is -2.22. The second-order valence-corrected chi connectivity index (χ2v) is 6.75. The number of para-hydroxylation sites is 1. The molecule has 0 saturated heterocycles. The van der Waals surface area contributed by atoms with Crippen molar-refractivity contribution in [2.75, 3.05) is 18.5 Å². The number of aliphatic hydroxyl groups excluding tert-OH is 1. The molecule has 7 heteroatoms. The van der Waals surface area contributed by atoms with Crippen LogP contribution >= 0.6 is 0 Å². The number of carboxylic acids is 1. The Labute approximate surface area is 176 Å². The Bertz CT molecular complexity index is 819. The molecule has 1 amide bonds. The molecule has 0 radical (unpaired) electrons. The lowest BCUT2D eigenvalue weighted by Gasteiger charge is -2.25. The van der Waals surface area contributed by atoms with E-state index in [9.17, 15) is 9.59 Å². The van der Waals surface area contributed by atoms with Gasteiger partial charge in [-0.15, -0.1) is 0 Å². The topological polar surface area (TPSA) is 105 Å². The minimum absolute atomic E-state index is 0.0609. The van der Waals surface area contributed by atoms with Gasteiger partial charge in [0.25, 0.3) is 0 Å². The van der Waals surface area contributed by atoms with Crippen molar-refractivity contribution in [1.29, 1.82) is 0 Å². The lowest BCUT2D eigenvalue weighted by atomic mass is 9.93. The number of nitrogens with one attached hydrogen (secondary N) is 1. The Balaban J connectivity index is 2.10. The zero-order chi connectivity index (χ0) is 21.8. The maximum Gasteiger partial charge on any atom is 0.412 e. The molecule has 0 spiro atoms. The summed E-state index contributed by atoms with van der Waals surface area (Å²) < 4.78 is 11.1. The van der Waals surface area contributed by atoms with E-state index in [0.29, 0.717) is 24.3 Å². The molecule has 2 aromatic carbocycles. The average molecular weight is 413 g/mol. The minimum atomic E-state index is -0.990. The summed E-state index contributed by atoms with van der Waals surface area (Å²) in [5.41, 5.74) is 1.43. The van der Waals surface area contributed by atoms with Gasteiger partial charge in [0, 0.05) is 11.8 Å². The SMILES string of the molecule is C[C@H](CC/C=C/C(=O)O)[C@H](OC(=O)Nc1ccccc1)c1ccc(OCCO)cc1. The summed E-state index contributed by atoms with van der Waals surface area (Å²) in [5, 5.41) is 20.3. The van der Waals surface area contributed by atoms with Gasteiger partial charge in [-0.25, -0.2) is 9.59 Å². The first-order valence-corrected chi connectivity index (χ1v) is 9.75. The van der Waals surface area contributed by atoms with Gasteiger partial charge in [-0.05, 0) is 48.6 Å². The molecule has 0 saturated carbocycles. The molecule has 30 heavy (non-hydrogen) atoms. The summed E-state index contributed by atoms with van der Waals surface area (Å²) in [6.45, 7) is 2.07. The summed E-state index contributed by atoms with van der Waals surface area (Å²) in [6, 6.07) is 16.2. The molecule has 0 aliphatic carbocycles. The van der Waals surface area contributed by atoms with E-state index in [2.05, 4.69) is 5.32 Å². The molecule has 0 heterocycles. The molecule has 0 aromatic heterocycles. The number of hydrogen-bond donors (Lipinski definition) is 3. The maximum atomic E-state index is 12.5. The molecule has 160 valence electrons. The number of allylic oxidation sites excluding steroid dienone is 1. The second-order valence-electron chi connectivity index (χ2n) is 6.75. The van der Waals surface area contributed by atoms with Crippen molar-refractivity contribution < 1.29 is 29.3 Å². The van der Waals surface area contributed by atoms with Crippen molar-refractivity contribution in [2.24, 2.45) is 5.92 Å². The zero-order valence-electron chi connectivity index (χ0n) is 16.9. The molecule has 0 fully saturated rings. The Kier molecular flexibility index (Phi) is 9.40. The van der Waals surface area contributed by atoms with Gasteiger partial charge in [-0.1, -0.05) is 43.3 Å². The molecular formula is C23H27NO6. The van der Waals surface area contributed by atoms with E-state index >= 15 is 0 Å². The van der Waals surface area contributed by atoms with Gasteiger partial charge in [0.1, 0.15) is 18.5 Å². The normalized spacial score (nSPS) is 12.9. The predicted molar refractivity (Wildman–Crippen MR) is 113 cm³/mol. The van der Waals surface area contributed by atoms with Gasteiger partial charge in [0.05, 0.1) is 6.61 Å². The molecule has 0 aliphatic rings. The summed E-state index contributed by atoms with van der Waals surface area (Å²) in [7, 11) is 0. The molecule has 3 N–H and O–H groups in total. The Morgan fingerprint density at radius 1 is 1.10 bits per heavy atom. The van der Waals surface area contributed by atoms with Gasteiger partial charge in [-0.3, -0.25) is 5.32 Å². The summed E-state index contributed by atoms with van der Waals surface area (Å²) >= 11 is 0. The van der Waals surface area contributed by atoms with Gasteiger partial charge >= 0.3 is 12.1 Å². The number of aliphatic carboxylic acids is 1. The van der Waals surface area contributed by atoms with E-state index < -0.39 is 18.2 Å². The summed E-state index contributed by atoms with van der Waals surface area (Å²) in [6.07, 6.45) is 2.78. The maximum absolute atomic E-state index is 12.5. The monoisotopic (exact) mass is 413 g/mol. The first kappa shape index (κ1) is 23.0. The molecular weight excluding hydrogens is 386 g/mol. The number of carbonyl (C=O) groups is 2. The molecule has 0 aliphatic heterocycles. The highest BCUT2D eigenvalue weighted by Crippen LogP contribution is 2.31. The number of ether oxygens (including phenoxy) is 2. The van der Waals surface area contributed by atoms with Crippen molar-refractivity contribution in [2.45, 2.75) is 25.9 Å². The standard InChI is InChI=1S/C23H27NO6/c1-17(7-5-6-10-21(26)27)22(18-11-13-20(14-12-18)29-16-15-25)30-23(28)24-19-8-3-2-4-9-19/h2-4,6,8-14,17,22,25H,5,7,15-16H2,1H3,(H,24,28)(H,26,27)/b10-6+/t17-,22+/m1/s1. The molecule has 2 atom stereocenters. The molecule has 0 bridgehead atoms. The van der Waals surface area contributed by atoms with E-state index in [-0.39, 0.29) is 19.1 Å². The molecule has 2 rings (SSSR count). The fourth-order valence-electron chi connectivity index (χ4n) is 2.91. The highest BCUT2D eigenvalue weighted by Gasteiger charge is 2.23. The van der Waals surface area contributed by atoms with Crippen molar-refractivity contribution in [1.82, 2.24) is 0 Å². The number of aliphatic hydroxyl groups is 1. The number of hydrogen-bond acceptors (Lipinski definition) is 5. The third-order valence-electron chi connectivity index (χ3n) is 4.39. The van der Waals surface area contributed by atoms with Crippen LogP contribution in [0.25, 0.3) is 0 Å². The highest BCUT2D eigenvalue weighted by molar-refractivity contribution is 5.84. The van der Waals surface area contributed by atoms with Gasteiger partial charge in [0.2, 0.25) is 0 Å². The number of benzene rings is 2. The molecule has 7 nitrogen and oxygen atoms in total. The van der Waals surface area contributed by atoms with Crippen LogP contribution in [0.1, 0.15) is 31.4 Å². The van der Waals surface area contributed by atoms with E-state index in [4.69, 9.17) is 19.7 Å². The van der Waals surface area contributed by atoms with Crippen LogP contribution in [0.4, 0.5) is 10.5 Å². The van der Waals surface area contributed by atoms with Crippen molar-refractivity contribution in [3.63, 3.8) is 0 Å². The number of rotatable bonds is 11. The Hall–Kier alpha value is -3.32. The van der Waals surface area contributed by atoms with Crippen LogP contribution in [0.15, 0.2) is 66.7 Å². The fourth-order valence-corrected chi connectivity index (χ4v) is 2.91. The highest BCUT2D eigenvalue weighted by atomic mass is 16.6. The molecule has 0 unspecified atom stereocenters. The lowest BCUT2D eigenvalue weighted by molar-refractivity contribution is -0.131. The second kappa shape index (κ2) is 12.3. The van der Waals surface area contributed by atoms with Gasteiger partial charge in [-0.2, -0.15) is 0 Å². The van der Waals surface area contributed by atoms with Crippen LogP contribution in [0.5, 0.6) is 5.75 Å². The van der Waals surface area contributed by atoms with E-state index in [1.807, 2.05) is 37.3 Å². The Morgan fingerprint density at radius 2 is 1.80 bits per heavy atom. The van der Waals surface area contributed by atoms with Gasteiger partial charge in [0.15, 0.2) is 0 Å². The van der Waals surface area contributed by atoms with Crippen molar-refractivity contribution >= 4 is 17.7 Å². The summed E-state index contributed by atoms with van der Waals surface area (Å²) in [4.78, 5) is 23.1. The van der Waals surface area contributed by atoms with Crippen LogP contribution in [-0.4, -0.2) is 35.5 Å².